The van der Waals surface area contributed by atoms with Crippen LogP contribution in [0, 0.1) is 5.92 Å². The zero-order chi connectivity index (χ0) is 11.6. The van der Waals surface area contributed by atoms with E-state index in [0.717, 1.165) is 12.8 Å². The van der Waals surface area contributed by atoms with Crippen LogP contribution < -0.4 is 0 Å². The topological polar surface area (TPSA) is 29.5 Å². The standard InChI is InChI=1S/C14H20O2/c1-11-13(8-9-14(11,2)15)16-10-12-6-4-3-5-7-12/h3-7,11,13,15H,8-10H2,1-2H3/t11-,13+,14+/m1/s1. The van der Waals surface area contributed by atoms with E-state index in [1.807, 2.05) is 25.1 Å². The molecule has 0 radical (unpaired) electrons. The Kier molecular flexibility index (Phi) is 3.31. The smallest absolute Gasteiger partial charge is 0.0720 e. The van der Waals surface area contributed by atoms with Gasteiger partial charge in [-0.05, 0) is 25.3 Å². The third kappa shape index (κ3) is 2.45. The average Bonchev–Trinajstić information content (AvgIpc) is 2.54. The van der Waals surface area contributed by atoms with E-state index < -0.39 is 5.60 Å². The highest BCUT2D eigenvalue weighted by Crippen LogP contribution is 2.37. The maximum absolute atomic E-state index is 10.1. The van der Waals surface area contributed by atoms with Crippen LogP contribution >= 0.6 is 0 Å². The third-order valence-corrected chi connectivity index (χ3v) is 3.78. The maximum atomic E-state index is 10.1. The minimum absolute atomic E-state index is 0.190. The Bertz CT molecular complexity index is 332. The molecule has 1 fully saturated rings. The summed E-state index contributed by atoms with van der Waals surface area (Å²) >= 11 is 0. The maximum Gasteiger partial charge on any atom is 0.0720 e. The summed E-state index contributed by atoms with van der Waals surface area (Å²) in [7, 11) is 0. The first-order valence-corrected chi connectivity index (χ1v) is 5.97. The molecule has 1 aromatic rings. The van der Waals surface area contributed by atoms with E-state index in [1.54, 1.807) is 0 Å². The van der Waals surface area contributed by atoms with Crippen molar-refractivity contribution in [3.05, 3.63) is 35.9 Å². The predicted octanol–water partition coefficient (Wildman–Crippen LogP) is 2.75. The van der Waals surface area contributed by atoms with Gasteiger partial charge in [-0.1, -0.05) is 37.3 Å². The van der Waals surface area contributed by atoms with Crippen LogP contribution in [0.15, 0.2) is 30.3 Å². The Morgan fingerprint density at radius 3 is 2.62 bits per heavy atom. The summed E-state index contributed by atoms with van der Waals surface area (Å²) in [5, 5.41) is 10.1. The van der Waals surface area contributed by atoms with Gasteiger partial charge in [0.2, 0.25) is 0 Å². The van der Waals surface area contributed by atoms with E-state index in [9.17, 15) is 5.11 Å². The lowest BCUT2D eigenvalue weighted by Crippen LogP contribution is -2.32. The molecule has 2 rings (SSSR count). The van der Waals surface area contributed by atoms with Gasteiger partial charge in [0.1, 0.15) is 0 Å². The van der Waals surface area contributed by atoms with E-state index >= 15 is 0 Å². The SMILES string of the molecule is C[C@@H]1[C@@H](OCc2ccccc2)CC[C@]1(C)O. The Morgan fingerprint density at radius 1 is 1.38 bits per heavy atom. The molecule has 0 unspecified atom stereocenters. The summed E-state index contributed by atoms with van der Waals surface area (Å²) in [5.74, 6) is 0.219. The Hall–Kier alpha value is -0.860. The van der Waals surface area contributed by atoms with Gasteiger partial charge < -0.3 is 9.84 Å². The molecule has 1 N–H and O–H groups in total. The van der Waals surface area contributed by atoms with Crippen LogP contribution in [0.4, 0.5) is 0 Å². The van der Waals surface area contributed by atoms with Crippen LogP contribution in [0.1, 0.15) is 32.3 Å². The van der Waals surface area contributed by atoms with Crippen LogP contribution in [0.25, 0.3) is 0 Å². The molecular formula is C14H20O2. The van der Waals surface area contributed by atoms with Crippen molar-refractivity contribution in [2.75, 3.05) is 0 Å². The van der Waals surface area contributed by atoms with Crippen molar-refractivity contribution in [3.8, 4) is 0 Å². The molecule has 1 aliphatic rings. The second kappa shape index (κ2) is 4.56. The summed E-state index contributed by atoms with van der Waals surface area (Å²) in [6.45, 7) is 4.62. The van der Waals surface area contributed by atoms with Crippen molar-refractivity contribution in [1.82, 2.24) is 0 Å². The first kappa shape index (κ1) is 11.6. The molecule has 1 aromatic carbocycles. The number of hydrogen-bond acceptors (Lipinski definition) is 2. The van der Waals surface area contributed by atoms with Crippen molar-refractivity contribution >= 4 is 0 Å². The van der Waals surface area contributed by atoms with Gasteiger partial charge >= 0.3 is 0 Å². The monoisotopic (exact) mass is 220 g/mol. The highest BCUT2D eigenvalue weighted by atomic mass is 16.5. The van der Waals surface area contributed by atoms with E-state index in [4.69, 9.17) is 4.74 Å². The van der Waals surface area contributed by atoms with Gasteiger partial charge in [0.25, 0.3) is 0 Å². The molecule has 1 saturated carbocycles. The second-order valence-electron chi connectivity index (χ2n) is 5.02. The molecule has 16 heavy (non-hydrogen) atoms. The molecule has 0 aromatic heterocycles. The summed E-state index contributed by atoms with van der Waals surface area (Å²) < 4.78 is 5.88. The van der Waals surface area contributed by atoms with Gasteiger partial charge in [0.05, 0.1) is 18.3 Å². The molecule has 0 spiro atoms. The number of benzene rings is 1. The summed E-state index contributed by atoms with van der Waals surface area (Å²) in [6, 6.07) is 10.2. The van der Waals surface area contributed by atoms with Gasteiger partial charge in [-0.3, -0.25) is 0 Å². The Labute approximate surface area is 97.3 Å². The molecule has 2 nitrogen and oxygen atoms in total. The lowest BCUT2D eigenvalue weighted by molar-refractivity contribution is -0.0371. The highest BCUT2D eigenvalue weighted by molar-refractivity contribution is 5.13. The van der Waals surface area contributed by atoms with Crippen molar-refractivity contribution in [2.45, 2.75) is 45.0 Å². The molecule has 0 heterocycles. The number of rotatable bonds is 3. The minimum atomic E-state index is -0.554. The van der Waals surface area contributed by atoms with Gasteiger partial charge in [0, 0.05) is 5.92 Å². The van der Waals surface area contributed by atoms with E-state index in [1.165, 1.54) is 5.56 Å². The number of hydrogen-bond donors (Lipinski definition) is 1. The van der Waals surface area contributed by atoms with Crippen molar-refractivity contribution < 1.29 is 9.84 Å². The first-order valence-electron chi connectivity index (χ1n) is 5.97. The average molecular weight is 220 g/mol. The summed E-state index contributed by atoms with van der Waals surface area (Å²) in [4.78, 5) is 0. The number of ether oxygens (including phenoxy) is 1. The van der Waals surface area contributed by atoms with Crippen LogP contribution in [0.5, 0.6) is 0 Å². The van der Waals surface area contributed by atoms with Gasteiger partial charge in [-0.15, -0.1) is 0 Å². The van der Waals surface area contributed by atoms with Crippen LogP contribution in [0.2, 0.25) is 0 Å². The fraction of sp³-hybridized carbons (Fsp3) is 0.571. The van der Waals surface area contributed by atoms with E-state index in [-0.39, 0.29) is 12.0 Å². The molecule has 3 atom stereocenters. The second-order valence-corrected chi connectivity index (χ2v) is 5.02. The minimum Gasteiger partial charge on any atom is -0.390 e. The van der Waals surface area contributed by atoms with Crippen LogP contribution in [-0.2, 0) is 11.3 Å². The van der Waals surface area contributed by atoms with Gasteiger partial charge in [-0.25, -0.2) is 0 Å². The fourth-order valence-corrected chi connectivity index (χ4v) is 2.32. The highest BCUT2D eigenvalue weighted by Gasteiger charge is 2.41. The van der Waals surface area contributed by atoms with Crippen LogP contribution in [-0.4, -0.2) is 16.8 Å². The van der Waals surface area contributed by atoms with Crippen molar-refractivity contribution in [2.24, 2.45) is 5.92 Å². The van der Waals surface area contributed by atoms with E-state index in [0.29, 0.717) is 6.61 Å². The van der Waals surface area contributed by atoms with Crippen LogP contribution in [0.3, 0.4) is 0 Å². The number of aliphatic hydroxyl groups is 1. The zero-order valence-electron chi connectivity index (χ0n) is 10.0. The molecule has 1 aliphatic carbocycles. The predicted molar refractivity (Wildman–Crippen MR) is 64.0 cm³/mol. The Morgan fingerprint density at radius 2 is 2.06 bits per heavy atom. The molecule has 2 heteroatoms. The largest absolute Gasteiger partial charge is 0.390 e. The molecule has 0 saturated heterocycles. The van der Waals surface area contributed by atoms with Crippen molar-refractivity contribution in [3.63, 3.8) is 0 Å². The molecule has 0 aliphatic heterocycles. The van der Waals surface area contributed by atoms with E-state index in [2.05, 4.69) is 19.1 Å². The molecular weight excluding hydrogens is 200 g/mol. The normalized spacial score (nSPS) is 34.2. The van der Waals surface area contributed by atoms with Crippen molar-refractivity contribution in [1.29, 1.82) is 0 Å². The molecule has 0 amide bonds. The lowest BCUT2D eigenvalue weighted by atomic mass is 9.94. The lowest BCUT2D eigenvalue weighted by Gasteiger charge is -2.25. The van der Waals surface area contributed by atoms with Gasteiger partial charge in [-0.2, -0.15) is 0 Å². The first-order chi connectivity index (χ1) is 7.59. The molecule has 0 bridgehead atoms. The quantitative estimate of drug-likeness (QED) is 0.848. The fourth-order valence-electron chi connectivity index (χ4n) is 2.32. The Balaban J connectivity index is 1.88. The molecule has 88 valence electrons. The summed E-state index contributed by atoms with van der Waals surface area (Å²) in [6.07, 6.45) is 1.99. The zero-order valence-corrected chi connectivity index (χ0v) is 10.0. The van der Waals surface area contributed by atoms with Gasteiger partial charge in [0.15, 0.2) is 0 Å². The summed E-state index contributed by atoms with van der Waals surface area (Å²) in [5.41, 5.74) is 0.641. The third-order valence-electron chi connectivity index (χ3n) is 3.78.